The third-order valence-corrected chi connectivity index (χ3v) is 6.54. The number of fused-ring (bicyclic) bond motifs is 3. The third-order valence-electron chi connectivity index (χ3n) is 5.39. The summed E-state index contributed by atoms with van der Waals surface area (Å²) in [7, 11) is 0. The monoisotopic (exact) mass is 404 g/mol. The van der Waals surface area contributed by atoms with Crippen LogP contribution < -0.4 is 10.9 Å². The van der Waals surface area contributed by atoms with Gasteiger partial charge in [0.25, 0.3) is 5.56 Å². The molecule has 154 valence electrons. The van der Waals surface area contributed by atoms with Gasteiger partial charge in [0, 0.05) is 10.4 Å². The van der Waals surface area contributed by atoms with E-state index in [0.717, 1.165) is 29.5 Å². The fraction of sp³-hybridized carbons (Fsp3) is 0.667. The number of amides is 1. The first kappa shape index (κ1) is 21.0. The molecule has 2 unspecified atom stereocenters. The summed E-state index contributed by atoms with van der Waals surface area (Å²) < 4.78 is 0. The molecule has 0 saturated heterocycles. The summed E-state index contributed by atoms with van der Waals surface area (Å²) >= 11 is 1.66. The summed E-state index contributed by atoms with van der Waals surface area (Å²) in [5.74, 6) is 1.27. The molecule has 2 aromatic heterocycles. The molecule has 2 N–H and O–H groups in total. The Hall–Kier alpha value is -1.73. The predicted molar refractivity (Wildman–Crippen MR) is 115 cm³/mol. The van der Waals surface area contributed by atoms with Gasteiger partial charge >= 0.3 is 0 Å². The van der Waals surface area contributed by atoms with E-state index in [1.165, 1.54) is 10.4 Å². The molecule has 2 aromatic rings. The van der Waals surface area contributed by atoms with Crippen molar-refractivity contribution in [3.63, 3.8) is 0 Å². The number of H-pyrrole nitrogens is 1. The molecule has 0 aliphatic heterocycles. The molecule has 0 bridgehead atoms. The number of aryl methyl sites for hydroxylation is 1. The van der Waals surface area contributed by atoms with E-state index in [1.54, 1.807) is 11.3 Å². The highest BCUT2D eigenvalue weighted by Gasteiger charge is 2.26. The number of thiophene rings is 1. The van der Waals surface area contributed by atoms with Crippen molar-refractivity contribution in [3.8, 4) is 0 Å². The van der Waals surface area contributed by atoms with Crippen LogP contribution in [0.3, 0.4) is 0 Å². The van der Waals surface area contributed by atoms with Gasteiger partial charge in [0.05, 0.1) is 18.0 Å². The summed E-state index contributed by atoms with van der Waals surface area (Å²) in [5, 5.41) is 3.77. The number of hydrogen-bond donors (Lipinski definition) is 2. The summed E-state index contributed by atoms with van der Waals surface area (Å²) in [6, 6.07) is -0.147. The lowest BCUT2D eigenvalue weighted by Crippen LogP contribution is -2.46. The molecule has 0 saturated carbocycles. The summed E-state index contributed by atoms with van der Waals surface area (Å²) in [5.41, 5.74) is 0.885. The lowest BCUT2D eigenvalue weighted by Gasteiger charge is -2.28. The molecule has 1 aliphatic rings. The lowest BCUT2D eigenvalue weighted by atomic mass is 9.89. The Morgan fingerprint density at radius 1 is 1.43 bits per heavy atom. The van der Waals surface area contributed by atoms with Crippen molar-refractivity contribution < 1.29 is 4.79 Å². The quantitative estimate of drug-likeness (QED) is 0.801. The Bertz CT molecular complexity index is 925. The van der Waals surface area contributed by atoms with Crippen molar-refractivity contribution in [1.29, 1.82) is 0 Å². The summed E-state index contributed by atoms with van der Waals surface area (Å²) in [4.78, 5) is 37.2. The second kappa shape index (κ2) is 7.95. The largest absolute Gasteiger partial charge is 0.350 e. The SMILES string of the molecule is CCN(CC(=O)NC(C)(C)C)C(C)c1nc2sc3c(c2c(=O)[nH]1)CCC(C)C3. The molecular formula is C21H32N4O2S. The lowest BCUT2D eigenvalue weighted by molar-refractivity contribution is -0.124. The van der Waals surface area contributed by atoms with E-state index in [9.17, 15) is 9.59 Å². The minimum Gasteiger partial charge on any atom is -0.350 e. The minimum atomic E-state index is -0.265. The highest BCUT2D eigenvalue weighted by molar-refractivity contribution is 7.18. The average molecular weight is 405 g/mol. The first-order chi connectivity index (χ1) is 13.1. The van der Waals surface area contributed by atoms with Gasteiger partial charge in [-0.3, -0.25) is 14.5 Å². The summed E-state index contributed by atoms with van der Waals surface area (Å²) in [6.45, 7) is 13.1. The van der Waals surface area contributed by atoms with Gasteiger partial charge in [-0.1, -0.05) is 13.8 Å². The van der Waals surface area contributed by atoms with Crippen molar-refractivity contribution >= 4 is 27.5 Å². The van der Waals surface area contributed by atoms with Crippen LogP contribution in [-0.2, 0) is 17.6 Å². The van der Waals surface area contributed by atoms with Gasteiger partial charge in [-0.25, -0.2) is 4.98 Å². The maximum absolute atomic E-state index is 12.9. The molecule has 0 aromatic carbocycles. The predicted octanol–water partition coefficient (Wildman–Crippen LogP) is 3.41. The van der Waals surface area contributed by atoms with Crippen LogP contribution in [0.25, 0.3) is 10.2 Å². The van der Waals surface area contributed by atoms with Gasteiger partial charge in [0.2, 0.25) is 5.91 Å². The maximum Gasteiger partial charge on any atom is 0.259 e. The molecule has 3 rings (SSSR count). The zero-order valence-electron chi connectivity index (χ0n) is 17.8. The maximum atomic E-state index is 12.9. The van der Waals surface area contributed by atoms with E-state index in [-0.39, 0.29) is 29.6 Å². The van der Waals surface area contributed by atoms with Crippen LogP contribution in [0.4, 0.5) is 0 Å². The number of carbonyl (C=O) groups is 1. The molecular weight excluding hydrogens is 372 g/mol. The Morgan fingerprint density at radius 3 is 2.79 bits per heavy atom. The number of aromatic amines is 1. The van der Waals surface area contributed by atoms with Gasteiger partial charge in [0.1, 0.15) is 10.7 Å². The van der Waals surface area contributed by atoms with Crippen molar-refractivity contribution in [2.75, 3.05) is 13.1 Å². The van der Waals surface area contributed by atoms with E-state index in [2.05, 4.69) is 17.2 Å². The molecule has 28 heavy (non-hydrogen) atoms. The van der Waals surface area contributed by atoms with Crippen molar-refractivity contribution in [2.24, 2.45) is 5.92 Å². The molecule has 1 amide bonds. The zero-order chi connectivity index (χ0) is 20.6. The van der Waals surface area contributed by atoms with Crippen molar-refractivity contribution in [1.82, 2.24) is 20.2 Å². The highest BCUT2D eigenvalue weighted by atomic mass is 32.1. The molecule has 1 aliphatic carbocycles. The summed E-state index contributed by atoms with van der Waals surface area (Å²) in [6.07, 6.45) is 3.13. The second-order valence-corrected chi connectivity index (χ2v) is 10.1. The number of nitrogens with one attached hydrogen (secondary N) is 2. The Kier molecular flexibility index (Phi) is 5.96. The number of carbonyl (C=O) groups excluding carboxylic acids is 1. The van der Waals surface area contributed by atoms with Crippen LogP contribution in [-0.4, -0.2) is 39.4 Å². The first-order valence-corrected chi connectivity index (χ1v) is 11.0. The van der Waals surface area contributed by atoms with Gasteiger partial charge in [-0.05, 0) is 65.0 Å². The number of rotatable bonds is 5. The van der Waals surface area contributed by atoms with Crippen LogP contribution in [0.15, 0.2) is 4.79 Å². The van der Waals surface area contributed by atoms with Crippen LogP contribution in [0.2, 0.25) is 0 Å². The Balaban J connectivity index is 1.87. The Morgan fingerprint density at radius 2 is 2.14 bits per heavy atom. The van der Waals surface area contributed by atoms with Crippen LogP contribution in [0, 0.1) is 5.92 Å². The number of hydrogen-bond acceptors (Lipinski definition) is 5. The molecule has 7 heteroatoms. The van der Waals surface area contributed by atoms with Crippen LogP contribution in [0.5, 0.6) is 0 Å². The second-order valence-electron chi connectivity index (χ2n) is 9.02. The molecule has 0 fully saturated rings. The van der Waals surface area contributed by atoms with Crippen molar-refractivity contribution in [3.05, 3.63) is 26.6 Å². The Labute approximate surface area is 170 Å². The third kappa shape index (κ3) is 4.46. The normalized spacial score (nSPS) is 18.3. The molecule has 0 spiro atoms. The fourth-order valence-electron chi connectivity index (χ4n) is 3.90. The molecule has 2 atom stereocenters. The fourth-order valence-corrected chi connectivity index (χ4v) is 5.29. The average Bonchev–Trinajstić information content (AvgIpc) is 2.95. The topological polar surface area (TPSA) is 78.1 Å². The highest BCUT2D eigenvalue weighted by Crippen LogP contribution is 2.36. The van der Waals surface area contributed by atoms with Crippen LogP contribution >= 0.6 is 11.3 Å². The number of aromatic nitrogens is 2. The van der Waals surface area contributed by atoms with Gasteiger partial charge in [-0.2, -0.15) is 0 Å². The molecule has 2 heterocycles. The van der Waals surface area contributed by atoms with E-state index >= 15 is 0 Å². The van der Waals surface area contributed by atoms with E-state index < -0.39 is 0 Å². The first-order valence-electron chi connectivity index (χ1n) is 10.2. The number of nitrogens with zero attached hydrogens (tertiary/aromatic N) is 2. The minimum absolute atomic E-state index is 0.0230. The van der Waals surface area contributed by atoms with E-state index in [4.69, 9.17) is 4.98 Å². The zero-order valence-corrected chi connectivity index (χ0v) is 18.6. The molecule has 6 nitrogen and oxygen atoms in total. The van der Waals surface area contributed by atoms with Gasteiger partial charge in [0.15, 0.2) is 0 Å². The van der Waals surface area contributed by atoms with E-state index in [1.807, 2.05) is 39.5 Å². The number of likely N-dealkylation sites (N-methyl/N-ethyl adjacent to an activating group) is 1. The van der Waals surface area contributed by atoms with Gasteiger partial charge in [-0.15, -0.1) is 11.3 Å². The van der Waals surface area contributed by atoms with E-state index in [0.29, 0.717) is 18.3 Å². The smallest absolute Gasteiger partial charge is 0.259 e. The van der Waals surface area contributed by atoms with Crippen LogP contribution in [0.1, 0.15) is 70.3 Å². The van der Waals surface area contributed by atoms with Gasteiger partial charge < -0.3 is 10.3 Å². The molecule has 0 radical (unpaired) electrons. The van der Waals surface area contributed by atoms with Crippen molar-refractivity contribution in [2.45, 2.75) is 72.4 Å². The standard InChI is InChI=1S/C21H32N4O2S/c1-7-25(11-16(26)24-21(4,5)6)13(3)18-22-19(27)17-14-9-8-12(2)10-15(14)28-20(17)23-18/h12-13H,7-11H2,1-6H3,(H,24,26)(H,22,23,27).